The fourth-order valence-electron chi connectivity index (χ4n) is 2.92. The summed E-state index contributed by atoms with van der Waals surface area (Å²) in [6.45, 7) is 1.02. The highest BCUT2D eigenvalue weighted by atomic mass is 16.7. The summed E-state index contributed by atoms with van der Waals surface area (Å²) in [7, 11) is 0. The molecule has 0 saturated carbocycles. The number of ether oxygens (including phenoxy) is 4. The molecular weight excluding hydrogens is 366 g/mol. The molecule has 2 amide bonds. The zero-order chi connectivity index (χ0) is 19.3. The van der Waals surface area contributed by atoms with Gasteiger partial charge in [0.25, 0.3) is 11.8 Å². The van der Waals surface area contributed by atoms with Crippen molar-refractivity contribution < 1.29 is 28.5 Å². The van der Waals surface area contributed by atoms with Gasteiger partial charge in [-0.15, -0.1) is 0 Å². The molecular formula is C19H19N3O6. The van der Waals surface area contributed by atoms with Crippen LogP contribution in [-0.4, -0.2) is 56.8 Å². The van der Waals surface area contributed by atoms with Gasteiger partial charge in [0.2, 0.25) is 6.79 Å². The maximum atomic E-state index is 12.2. The Kier molecular flexibility index (Phi) is 5.36. The van der Waals surface area contributed by atoms with E-state index in [9.17, 15) is 9.59 Å². The van der Waals surface area contributed by atoms with Crippen LogP contribution in [0.25, 0.3) is 0 Å². The van der Waals surface area contributed by atoms with Crippen LogP contribution in [0.1, 0.15) is 5.56 Å². The zero-order valence-electron chi connectivity index (χ0n) is 14.9. The number of nitrogens with zero attached hydrogens (tertiary/aromatic N) is 1. The van der Waals surface area contributed by atoms with Crippen molar-refractivity contribution in [1.29, 1.82) is 0 Å². The molecule has 1 aromatic rings. The maximum Gasteiger partial charge on any atom is 0.259 e. The largest absolute Gasteiger partial charge is 0.454 e. The Hall–Kier alpha value is -3.17. The Balaban J connectivity index is 1.24. The minimum atomic E-state index is -0.444. The van der Waals surface area contributed by atoms with Crippen LogP contribution in [0.5, 0.6) is 11.5 Å². The Labute approximate surface area is 161 Å². The molecule has 0 bridgehead atoms. The van der Waals surface area contributed by atoms with Crippen LogP contribution >= 0.6 is 0 Å². The molecule has 0 radical (unpaired) electrons. The molecule has 0 spiro atoms. The molecule has 0 aromatic heterocycles. The van der Waals surface area contributed by atoms with Crippen molar-refractivity contribution in [2.24, 2.45) is 5.10 Å². The fourth-order valence-corrected chi connectivity index (χ4v) is 2.92. The van der Waals surface area contributed by atoms with Gasteiger partial charge >= 0.3 is 0 Å². The molecule has 2 N–H and O–H groups in total. The number of benzene rings is 1. The molecule has 3 aliphatic rings. The summed E-state index contributed by atoms with van der Waals surface area (Å²) in [4.78, 5) is 24.1. The smallest absolute Gasteiger partial charge is 0.259 e. The van der Waals surface area contributed by atoms with E-state index in [1.807, 2.05) is 0 Å². The highest BCUT2D eigenvalue weighted by Gasteiger charge is 2.27. The average molecular weight is 385 g/mol. The van der Waals surface area contributed by atoms with Crippen molar-refractivity contribution in [1.82, 2.24) is 10.7 Å². The van der Waals surface area contributed by atoms with Crippen LogP contribution in [-0.2, 0) is 19.1 Å². The SMILES string of the molecule is O=C(CNC(=O)C1=C[C@@H]2OCCO[C@@H]2C=C1)N/N=C\c1ccc2c(c1)OCO2. The third-order valence-corrected chi connectivity index (χ3v) is 4.31. The second-order valence-corrected chi connectivity index (χ2v) is 6.24. The summed E-state index contributed by atoms with van der Waals surface area (Å²) in [5.41, 5.74) is 3.54. The molecule has 2 atom stereocenters. The monoisotopic (exact) mass is 385 g/mol. The molecule has 1 saturated heterocycles. The first kappa shape index (κ1) is 18.2. The minimum absolute atomic E-state index is 0.167. The number of carbonyl (C=O) groups is 2. The maximum absolute atomic E-state index is 12.2. The van der Waals surface area contributed by atoms with Crippen LogP contribution in [0, 0.1) is 0 Å². The normalized spacial score (nSPS) is 22.5. The van der Waals surface area contributed by atoms with Gasteiger partial charge in [-0.2, -0.15) is 5.10 Å². The van der Waals surface area contributed by atoms with Crippen molar-refractivity contribution in [2.45, 2.75) is 12.2 Å². The number of rotatable bonds is 5. The van der Waals surface area contributed by atoms with E-state index < -0.39 is 5.91 Å². The molecule has 146 valence electrons. The quantitative estimate of drug-likeness (QED) is 0.556. The predicted octanol–water partition coefficient (Wildman–Crippen LogP) is 0.262. The van der Waals surface area contributed by atoms with Crippen LogP contribution in [0.2, 0.25) is 0 Å². The molecule has 9 heteroatoms. The first-order valence-electron chi connectivity index (χ1n) is 8.82. The Morgan fingerprint density at radius 3 is 2.86 bits per heavy atom. The fraction of sp³-hybridized carbons (Fsp3) is 0.316. The molecule has 4 rings (SSSR count). The Bertz CT molecular complexity index is 863. The molecule has 2 aliphatic heterocycles. The topological polar surface area (TPSA) is 107 Å². The van der Waals surface area contributed by atoms with Crippen molar-refractivity contribution in [3.63, 3.8) is 0 Å². The molecule has 9 nitrogen and oxygen atoms in total. The van der Waals surface area contributed by atoms with Crippen molar-refractivity contribution in [2.75, 3.05) is 26.6 Å². The zero-order valence-corrected chi connectivity index (χ0v) is 14.9. The molecule has 28 heavy (non-hydrogen) atoms. The van der Waals surface area contributed by atoms with Crippen LogP contribution in [0.15, 0.2) is 47.1 Å². The van der Waals surface area contributed by atoms with Crippen LogP contribution < -0.4 is 20.2 Å². The summed E-state index contributed by atoms with van der Waals surface area (Å²) >= 11 is 0. The highest BCUT2D eigenvalue weighted by molar-refractivity contribution is 5.98. The first-order chi connectivity index (χ1) is 13.7. The van der Waals surface area contributed by atoms with Crippen LogP contribution in [0.4, 0.5) is 0 Å². The van der Waals surface area contributed by atoms with E-state index in [1.165, 1.54) is 6.21 Å². The van der Waals surface area contributed by atoms with Gasteiger partial charge in [0, 0.05) is 5.57 Å². The summed E-state index contributed by atoms with van der Waals surface area (Å²) < 4.78 is 21.6. The third-order valence-electron chi connectivity index (χ3n) is 4.31. The summed E-state index contributed by atoms with van der Waals surface area (Å²) in [6.07, 6.45) is 6.19. The number of fused-ring (bicyclic) bond motifs is 2. The summed E-state index contributed by atoms with van der Waals surface area (Å²) in [5.74, 6) is 0.497. The van der Waals surface area contributed by atoms with Crippen molar-refractivity contribution >= 4 is 18.0 Å². The standard InChI is InChI=1S/C19H19N3O6/c23-18(22-21-9-12-1-3-15-16(7-12)28-11-27-15)10-20-19(24)13-2-4-14-17(8-13)26-6-5-25-14/h1-4,7-9,14,17H,5-6,10-11H2,(H,20,24)(H,22,23)/b21-9-/t14-,17+/m1/s1. The number of hydrazone groups is 1. The lowest BCUT2D eigenvalue weighted by Crippen LogP contribution is -2.40. The van der Waals surface area contributed by atoms with Gasteiger partial charge in [-0.25, -0.2) is 5.43 Å². The lowest BCUT2D eigenvalue weighted by atomic mass is 10.0. The molecule has 1 fully saturated rings. The number of hydrogen-bond donors (Lipinski definition) is 2. The second kappa shape index (κ2) is 8.24. The van der Waals surface area contributed by atoms with E-state index in [-0.39, 0.29) is 31.5 Å². The van der Waals surface area contributed by atoms with E-state index in [1.54, 1.807) is 36.4 Å². The van der Waals surface area contributed by atoms with Gasteiger partial charge in [-0.05, 0) is 29.8 Å². The van der Waals surface area contributed by atoms with Gasteiger partial charge < -0.3 is 24.3 Å². The van der Waals surface area contributed by atoms with Gasteiger partial charge in [0.15, 0.2) is 11.5 Å². The number of hydrogen-bond acceptors (Lipinski definition) is 7. The first-order valence-corrected chi connectivity index (χ1v) is 8.82. The lowest BCUT2D eigenvalue weighted by molar-refractivity contribution is -0.124. The molecule has 0 unspecified atom stereocenters. The van der Waals surface area contributed by atoms with E-state index in [0.717, 1.165) is 5.56 Å². The number of carbonyl (C=O) groups excluding carboxylic acids is 2. The minimum Gasteiger partial charge on any atom is -0.454 e. The average Bonchev–Trinajstić information content (AvgIpc) is 3.19. The van der Waals surface area contributed by atoms with Gasteiger partial charge in [-0.3, -0.25) is 9.59 Å². The molecule has 1 aliphatic carbocycles. The van der Waals surface area contributed by atoms with Gasteiger partial charge in [0.05, 0.1) is 26.0 Å². The van der Waals surface area contributed by atoms with E-state index in [4.69, 9.17) is 18.9 Å². The Morgan fingerprint density at radius 1 is 1.14 bits per heavy atom. The third kappa shape index (κ3) is 4.21. The van der Waals surface area contributed by atoms with E-state index in [2.05, 4.69) is 15.8 Å². The van der Waals surface area contributed by atoms with Gasteiger partial charge in [-0.1, -0.05) is 12.2 Å². The van der Waals surface area contributed by atoms with Crippen molar-refractivity contribution in [3.8, 4) is 11.5 Å². The number of nitrogens with one attached hydrogen (secondary N) is 2. The van der Waals surface area contributed by atoms with Gasteiger partial charge in [0.1, 0.15) is 12.2 Å². The van der Waals surface area contributed by atoms with E-state index >= 15 is 0 Å². The summed E-state index contributed by atoms with van der Waals surface area (Å²) in [6, 6.07) is 5.31. The number of amides is 2. The molecule has 1 aromatic carbocycles. The lowest BCUT2D eigenvalue weighted by Gasteiger charge is -2.30. The summed E-state index contributed by atoms with van der Waals surface area (Å²) in [5, 5.41) is 6.43. The molecule has 2 heterocycles. The van der Waals surface area contributed by atoms with Crippen molar-refractivity contribution in [3.05, 3.63) is 47.6 Å². The Morgan fingerprint density at radius 2 is 1.96 bits per heavy atom. The van der Waals surface area contributed by atoms with E-state index in [0.29, 0.717) is 30.3 Å². The predicted molar refractivity (Wildman–Crippen MR) is 98.0 cm³/mol. The van der Waals surface area contributed by atoms with Crippen LogP contribution in [0.3, 0.4) is 0 Å². The highest BCUT2D eigenvalue weighted by Crippen LogP contribution is 2.31. The second-order valence-electron chi connectivity index (χ2n) is 6.24.